The maximum absolute atomic E-state index is 5.05. The quantitative estimate of drug-likeness (QED) is 0.180. The Morgan fingerprint density at radius 2 is 1.58 bits per heavy atom. The molecule has 2 aromatic heterocycles. The number of aromatic nitrogens is 4. The van der Waals surface area contributed by atoms with E-state index in [1.165, 1.54) is 50.2 Å². The fourth-order valence-corrected chi connectivity index (χ4v) is 7.34. The van der Waals surface area contributed by atoms with E-state index in [1.54, 1.807) is 11.8 Å². The molecule has 0 bridgehead atoms. The molecule has 0 fully saturated rings. The Balaban J connectivity index is 1.52. The highest BCUT2D eigenvalue weighted by molar-refractivity contribution is 8.04. The maximum Gasteiger partial charge on any atom is 0.159 e. The largest absolute Gasteiger partial charge is 0.321 e. The van der Waals surface area contributed by atoms with E-state index in [0.29, 0.717) is 11.8 Å². The summed E-state index contributed by atoms with van der Waals surface area (Å²) in [6.07, 6.45) is 13.0. The highest BCUT2D eigenvalue weighted by Crippen LogP contribution is 2.50. The molecule has 0 saturated carbocycles. The number of nitrogens with zero attached hydrogens (tertiary/aromatic N) is 5. The summed E-state index contributed by atoms with van der Waals surface area (Å²) in [5.41, 5.74) is 13.9. The van der Waals surface area contributed by atoms with Crippen LogP contribution >= 0.6 is 11.8 Å². The van der Waals surface area contributed by atoms with Crippen molar-refractivity contribution in [2.45, 2.75) is 59.8 Å². The van der Waals surface area contributed by atoms with Crippen LogP contribution in [0.5, 0.6) is 0 Å². The molecule has 0 spiro atoms. The van der Waals surface area contributed by atoms with Gasteiger partial charge in [-0.3, -0.25) is 4.57 Å². The zero-order valence-electron chi connectivity index (χ0n) is 26.8. The summed E-state index contributed by atoms with van der Waals surface area (Å²) in [5, 5.41) is 4.29. The van der Waals surface area contributed by atoms with Gasteiger partial charge < -0.3 is 4.90 Å². The fraction of sp³-hybridized carbons (Fsp3) is 0.256. The summed E-state index contributed by atoms with van der Waals surface area (Å²) in [7, 11) is 0. The molecule has 0 radical (unpaired) electrons. The van der Waals surface area contributed by atoms with Crippen LogP contribution in [-0.2, 0) is 6.42 Å². The van der Waals surface area contributed by atoms with Gasteiger partial charge >= 0.3 is 0 Å². The molecular formula is C39H39N5S. The van der Waals surface area contributed by atoms with E-state index in [0.717, 1.165) is 29.3 Å². The van der Waals surface area contributed by atoms with E-state index in [-0.39, 0.29) is 5.92 Å². The van der Waals surface area contributed by atoms with E-state index in [9.17, 15) is 0 Å². The smallest absolute Gasteiger partial charge is 0.159 e. The Bertz CT molecular complexity index is 1940. The Morgan fingerprint density at radius 3 is 2.31 bits per heavy atom. The van der Waals surface area contributed by atoms with Crippen LogP contribution in [0.15, 0.2) is 96.5 Å². The number of imidazole rings is 1. The highest BCUT2D eigenvalue weighted by atomic mass is 32.2. The highest BCUT2D eigenvalue weighted by Gasteiger charge is 2.32. The van der Waals surface area contributed by atoms with Crippen molar-refractivity contribution in [2.24, 2.45) is 5.92 Å². The summed E-state index contributed by atoms with van der Waals surface area (Å²) in [6.45, 7) is 13.8. The van der Waals surface area contributed by atoms with E-state index in [4.69, 9.17) is 4.98 Å². The summed E-state index contributed by atoms with van der Waals surface area (Å²) >= 11 is 1.70. The van der Waals surface area contributed by atoms with Crippen LogP contribution in [0.3, 0.4) is 0 Å². The second-order valence-electron chi connectivity index (χ2n) is 12.8. The molecule has 3 heterocycles. The molecule has 1 aliphatic heterocycles. The molecule has 0 saturated heterocycles. The number of fused-ring (bicyclic) bond motifs is 3. The van der Waals surface area contributed by atoms with Gasteiger partial charge in [0.1, 0.15) is 5.82 Å². The molecule has 1 unspecified atom stereocenters. The predicted octanol–water partition coefficient (Wildman–Crippen LogP) is 10.3. The van der Waals surface area contributed by atoms with E-state index in [1.807, 2.05) is 24.7 Å². The Morgan fingerprint density at radius 1 is 0.822 bits per heavy atom. The minimum atomic E-state index is 0.254. The molecule has 5 aromatic rings. The zero-order valence-corrected chi connectivity index (χ0v) is 27.6. The molecule has 2 aliphatic rings. The van der Waals surface area contributed by atoms with Crippen molar-refractivity contribution in [1.29, 1.82) is 0 Å². The topological polar surface area (TPSA) is 46.8 Å². The molecule has 1 atom stereocenters. The monoisotopic (exact) mass is 609 g/mol. The van der Waals surface area contributed by atoms with Crippen LogP contribution in [0.4, 0.5) is 5.69 Å². The number of benzene rings is 3. The van der Waals surface area contributed by atoms with Crippen molar-refractivity contribution in [2.75, 3.05) is 4.90 Å². The average molecular weight is 610 g/mol. The first-order valence-electron chi connectivity index (χ1n) is 15.8. The second-order valence-corrected chi connectivity index (χ2v) is 13.6. The number of thioether (sulfide) groups is 1. The summed E-state index contributed by atoms with van der Waals surface area (Å²) in [4.78, 5) is 16.5. The molecule has 45 heavy (non-hydrogen) atoms. The van der Waals surface area contributed by atoms with Gasteiger partial charge in [0.25, 0.3) is 0 Å². The van der Waals surface area contributed by atoms with Crippen molar-refractivity contribution in [3.8, 4) is 39.6 Å². The van der Waals surface area contributed by atoms with Gasteiger partial charge in [-0.05, 0) is 105 Å². The van der Waals surface area contributed by atoms with Crippen LogP contribution in [0.25, 0.3) is 39.6 Å². The van der Waals surface area contributed by atoms with E-state index in [2.05, 4.69) is 133 Å². The lowest BCUT2D eigenvalue weighted by molar-refractivity contribution is 0.536. The van der Waals surface area contributed by atoms with Gasteiger partial charge in [0.05, 0.1) is 11.4 Å². The fourth-order valence-electron chi connectivity index (χ4n) is 6.84. The number of hydrogen-bond acceptors (Lipinski definition) is 5. The molecule has 226 valence electrons. The first kappa shape index (κ1) is 29.3. The van der Waals surface area contributed by atoms with Gasteiger partial charge in [-0.15, -0.1) is 11.8 Å². The Kier molecular flexibility index (Phi) is 7.70. The maximum atomic E-state index is 5.05. The minimum absolute atomic E-state index is 0.254. The third kappa shape index (κ3) is 5.11. The molecule has 6 heteroatoms. The average Bonchev–Trinajstić information content (AvgIpc) is 3.69. The minimum Gasteiger partial charge on any atom is -0.321 e. The summed E-state index contributed by atoms with van der Waals surface area (Å²) in [5.74, 6) is 2.90. The molecular weight excluding hydrogens is 571 g/mol. The number of aryl methyl sites for hydroxylation is 1. The van der Waals surface area contributed by atoms with Gasteiger partial charge in [0.15, 0.2) is 5.82 Å². The van der Waals surface area contributed by atoms with Crippen LogP contribution in [-0.4, -0.2) is 19.5 Å². The van der Waals surface area contributed by atoms with Gasteiger partial charge in [0.2, 0.25) is 0 Å². The lowest BCUT2D eigenvalue weighted by Gasteiger charge is -2.29. The van der Waals surface area contributed by atoms with Crippen LogP contribution < -0.4 is 4.90 Å². The molecule has 1 aliphatic carbocycles. The first-order valence-corrected chi connectivity index (χ1v) is 16.8. The van der Waals surface area contributed by atoms with Gasteiger partial charge in [-0.25, -0.2) is 15.0 Å². The van der Waals surface area contributed by atoms with E-state index < -0.39 is 0 Å². The third-order valence-electron chi connectivity index (χ3n) is 9.36. The number of hydrogen-bond donors (Lipinski definition) is 0. The van der Waals surface area contributed by atoms with Crippen molar-refractivity contribution in [3.63, 3.8) is 0 Å². The molecule has 3 aromatic carbocycles. The molecule has 0 amide bonds. The number of anilines is 1. The summed E-state index contributed by atoms with van der Waals surface area (Å²) in [6, 6.07) is 17.6. The SMILES string of the molecule is Cc1cc(-c2ncccn2)cc2c1Cc1cc(N3C=CSC=C3)c(-n3ccnc3-c3ccccc3C(C)C(C)C)c(C(C)C)c1-2. The van der Waals surface area contributed by atoms with Crippen molar-refractivity contribution < 1.29 is 0 Å². The van der Waals surface area contributed by atoms with E-state index >= 15 is 0 Å². The predicted molar refractivity (Wildman–Crippen MR) is 189 cm³/mol. The lowest BCUT2D eigenvalue weighted by Crippen LogP contribution is -2.16. The Labute approximate surface area is 270 Å². The third-order valence-corrected chi connectivity index (χ3v) is 9.92. The summed E-state index contributed by atoms with van der Waals surface area (Å²) < 4.78 is 2.34. The number of rotatable bonds is 7. The van der Waals surface area contributed by atoms with Gasteiger partial charge in [-0.1, -0.05) is 58.9 Å². The van der Waals surface area contributed by atoms with Crippen molar-refractivity contribution in [1.82, 2.24) is 19.5 Å². The first-order chi connectivity index (χ1) is 21.8. The normalized spacial score (nSPS) is 14.4. The zero-order chi connectivity index (χ0) is 31.2. The Hall–Kier alpha value is -4.42. The standard InChI is InChI=1S/C39H39N5S/c1-24(2)27(6)30-10-7-8-11-31(30)39-42-14-15-44(39)37-34(43-16-18-45-19-17-43)23-28-21-32-26(5)20-29(38-40-12-9-13-41-38)22-33(32)36(28)35(37)25(3)4/h7-20,22-25,27H,21H2,1-6H3. The molecule has 5 nitrogen and oxygen atoms in total. The van der Waals surface area contributed by atoms with Crippen LogP contribution in [0, 0.1) is 12.8 Å². The molecule has 0 N–H and O–H groups in total. The van der Waals surface area contributed by atoms with Gasteiger partial charge in [0, 0.05) is 48.3 Å². The second kappa shape index (κ2) is 11.8. The van der Waals surface area contributed by atoms with Crippen molar-refractivity contribution in [3.05, 3.63) is 124 Å². The van der Waals surface area contributed by atoms with Crippen molar-refractivity contribution >= 4 is 17.4 Å². The molecule has 7 rings (SSSR count). The van der Waals surface area contributed by atoms with Crippen LogP contribution in [0.1, 0.15) is 74.3 Å². The lowest BCUT2D eigenvalue weighted by atomic mass is 9.86. The van der Waals surface area contributed by atoms with Crippen LogP contribution in [0.2, 0.25) is 0 Å². The van der Waals surface area contributed by atoms with Gasteiger partial charge in [-0.2, -0.15) is 0 Å².